The zero-order valence-electron chi connectivity index (χ0n) is 63.1. The van der Waals surface area contributed by atoms with Crippen molar-refractivity contribution in [2.75, 3.05) is 134 Å². The van der Waals surface area contributed by atoms with Crippen LogP contribution in [0.3, 0.4) is 0 Å². The van der Waals surface area contributed by atoms with Crippen LogP contribution in [0.1, 0.15) is 178 Å². The van der Waals surface area contributed by atoms with E-state index in [1.807, 2.05) is 157 Å². The average molecular weight is 1380 g/mol. The number of aryl methyl sites for hydroxylation is 4. The van der Waals surface area contributed by atoms with Gasteiger partial charge in [-0.3, -0.25) is 28.8 Å². The molecular weight excluding hydrogens is 1270 g/mol. The van der Waals surface area contributed by atoms with Crippen LogP contribution in [0.25, 0.3) is 0 Å². The van der Waals surface area contributed by atoms with Crippen LogP contribution in [0.5, 0.6) is 0 Å². The highest BCUT2D eigenvalue weighted by atomic mass is 16.4. The minimum absolute atomic E-state index is 0. The Labute approximate surface area is 603 Å². The van der Waals surface area contributed by atoms with E-state index < -0.39 is 5.97 Å². The lowest BCUT2D eigenvalue weighted by atomic mass is 10.1. The van der Waals surface area contributed by atoms with Crippen molar-refractivity contribution in [3.05, 3.63) is 189 Å². The number of Topliss-reactive ketones (excluding diaryl/α,β-unsaturated/α-hetero) is 6. The van der Waals surface area contributed by atoms with E-state index in [0.29, 0.717) is 16.8 Å². The Bertz CT molecular complexity index is 3800. The number of nitrogen functional groups attached to an aromatic ring is 1. The Morgan fingerprint density at radius 3 is 1.05 bits per heavy atom. The van der Waals surface area contributed by atoms with Gasteiger partial charge in [0.1, 0.15) is 0 Å². The smallest absolute Gasteiger partial charge is 0.335 e. The number of rotatable bonds is 21. The molecule has 0 amide bonds. The van der Waals surface area contributed by atoms with Crippen LogP contribution < -0.4 is 51.5 Å². The van der Waals surface area contributed by atoms with Crippen LogP contribution in [0, 0.1) is 58.0 Å². The summed E-state index contributed by atoms with van der Waals surface area (Å²) in [6, 6.07) is 43.3. The molecule has 0 aliphatic carbocycles. The normalized spacial score (nSPS) is 9.43. The van der Waals surface area contributed by atoms with E-state index in [0.717, 1.165) is 123 Å². The number of hydrogen-bond acceptors (Lipinski definition) is 18. The minimum atomic E-state index is -0.935. The Balaban J connectivity index is 0. The van der Waals surface area contributed by atoms with Gasteiger partial charge in [-0.1, -0.05) is 20.3 Å². The van der Waals surface area contributed by atoms with Crippen molar-refractivity contribution in [3.8, 4) is 24.9 Å². The standard InChI is InChI=1S/C13H20N2O.C12H18N2O.C12H17NO.C11H16N2O.C11H15NO.C11H11NO.C10H9NO2.CH3N.CH4/c1-6-15(5)12-8-7-11(10(2)16)9-13(12)14(3)4;1-5-14(4)12-7-6-10(9(2)15)8-11(12)13-3;1-5-13(4)12-7-6-11(10(3)14)8-9(12)2;1-4-13(3)11-6-5-9(8(2)14)7-10(11)12;2*1-4-12-11-6-5-10(9(3)13)7-8(11)2;1-3-11-9-5-4-8(10(12)13)6-7(9)2;1-2;/h7-9H,6H2,1-5H3;6-8,13H,5H2,1-4H3;6-8H,5H2,1-4H3;5-7H,4,12H2,1-3H3;5-7,12H,4H2,1-3H3;1,5-7,12H,2-3H3;1,4-6,11H,2H3,(H,12,13);2H,1H2;1H4. The Morgan fingerprint density at radius 2 is 0.713 bits per heavy atom. The second-order valence-electron chi connectivity index (χ2n) is 23.2. The van der Waals surface area contributed by atoms with Gasteiger partial charge in [-0.05, 0) is 260 Å². The van der Waals surface area contributed by atoms with E-state index in [4.69, 9.17) is 29.1 Å². The third kappa shape index (κ3) is 31.1. The molecule has 0 aromatic heterocycles. The van der Waals surface area contributed by atoms with Crippen molar-refractivity contribution in [1.29, 1.82) is 5.41 Å². The van der Waals surface area contributed by atoms with Crippen LogP contribution in [0.2, 0.25) is 0 Å². The molecule has 7 rings (SSSR count). The number of aromatic carboxylic acids is 1. The number of carbonyl (C=O) groups is 7. The van der Waals surface area contributed by atoms with Gasteiger partial charge in [0.15, 0.2) is 34.7 Å². The van der Waals surface area contributed by atoms with E-state index in [2.05, 4.69) is 103 Å². The molecule has 7 aromatic rings. The molecule has 19 heteroatoms. The molecule has 101 heavy (non-hydrogen) atoms. The lowest BCUT2D eigenvalue weighted by Crippen LogP contribution is -2.20. The zero-order chi connectivity index (χ0) is 76.7. The van der Waals surface area contributed by atoms with Crippen LogP contribution in [-0.4, -0.2) is 135 Å². The molecule has 7 aromatic carbocycles. The molecule has 8 N–H and O–H groups in total. The Hall–Kier alpha value is -11.2. The first-order chi connectivity index (χ1) is 47.1. The van der Waals surface area contributed by atoms with Gasteiger partial charge in [0.25, 0.3) is 0 Å². The van der Waals surface area contributed by atoms with E-state index >= 15 is 0 Å². The van der Waals surface area contributed by atoms with Gasteiger partial charge in [0.05, 0.1) is 39.7 Å². The number of ketones is 6. The second-order valence-corrected chi connectivity index (χ2v) is 23.2. The number of nitrogens with one attached hydrogen (secondary N) is 5. The molecule has 19 nitrogen and oxygen atoms in total. The summed E-state index contributed by atoms with van der Waals surface area (Å²) in [5, 5.41) is 25.9. The first-order valence-electron chi connectivity index (χ1n) is 32.7. The first kappa shape index (κ1) is 91.9. The van der Waals surface area contributed by atoms with Crippen molar-refractivity contribution < 1.29 is 38.7 Å². The molecule has 0 saturated heterocycles. The Kier molecular flexibility index (Phi) is 43.4. The Morgan fingerprint density at radius 1 is 0.416 bits per heavy atom. The molecule has 0 bridgehead atoms. The molecule has 0 radical (unpaired) electrons. The number of nitrogens with two attached hydrogens (primary N) is 1. The highest BCUT2D eigenvalue weighted by Gasteiger charge is 2.13. The number of carboxylic acids is 1. The fourth-order valence-corrected chi connectivity index (χ4v) is 9.20. The SMILES string of the molecule is C.C#CNc1ccc(C(=O)O)cc1C.C#CNc1ccc(C(C)=O)cc1C.C=N.CCN(C)c1ccc(C(C)=O)cc1C.CCN(C)c1ccc(C(C)=O)cc1N.CCN(C)c1ccc(C(C)=O)cc1N(C)C.CCN(C)c1ccc(C(C)=O)cc1NC.CCNc1ccc(C(C)=O)cc1C. The largest absolute Gasteiger partial charge is 0.478 e. The summed E-state index contributed by atoms with van der Waals surface area (Å²) >= 11 is 0. The lowest BCUT2D eigenvalue weighted by molar-refractivity contribution is 0.0695. The summed E-state index contributed by atoms with van der Waals surface area (Å²) < 4.78 is 0. The first-order valence-corrected chi connectivity index (χ1v) is 32.7. The van der Waals surface area contributed by atoms with Crippen molar-refractivity contribution >= 4 is 104 Å². The van der Waals surface area contributed by atoms with Gasteiger partial charge in [0, 0.05) is 150 Å². The van der Waals surface area contributed by atoms with E-state index in [1.165, 1.54) is 18.7 Å². The highest BCUT2D eigenvalue weighted by Crippen LogP contribution is 2.30. The summed E-state index contributed by atoms with van der Waals surface area (Å²) in [7, 11) is 14.0. The van der Waals surface area contributed by atoms with Crippen LogP contribution >= 0.6 is 0 Å². The van der Waals surface area contributed by atoms with E-state index in [9.17, 15) is 33.6 Å². The maximum Gasteiger partial charge on any atom is 0.335 e. The van der Waals surface area contributed by atoms with Gasteiger partial charge in [-0.15, -0.1) is 0 Å². The van der Waals surface area contributed by atoms with E-state index in [-0.39, 0.29) is 47.7 Å². The van der Waals surface area contributed by atoms with Gasteiger partial charge >= 0.3 is 5.97 Å². The number of nitrogens with zero attached hydrogens (tertiary/aromatic N) is 5. The molecule has 544 valence electrons. The van der Waals surface area contributed by atoms with Gasteiger partial charge in [-0.2, -0.15) is 0 Å². The third-order valence-corrected chi connectivity index (χ3v) is 15.6. The van der Waals surface area contributed by atoms with E-state index in [1.54, 1.807) is 71.9 Å². The van der Waals surface area contributed by atoms with Crippen LogP contribution in [-0.2, 0) is 0 Å². The predicted octanol–water partition coefficient (Wildman–Crippen LogP) is 16.8. The molecule has 0 spiro atoms. The molecule has 0 heterocycles. The summed E-state index contributed by atoms with van der Waals surface area (Å²) in [6.45, 7) is 34.8. The number of anilines is 10. The van der Waals surface area contributed by atoms with Gasteiger partial charge in [0.2, 0.25) is 0 Å². The number of terminal acetylenes is 2. The molecule has 0 fully saturated rings. The van der Waals surface area contributed by atoms with Gasteiger partial charge in [-0.25, -0.2) is 4.79 Å². The van der Waals surface area contributed by atoms with Crippen molar-refractivity contribution in [1.82, 2.24) is 0 Å². The molecule has 0 aliphatic heterocycles. The fourth-order valence-electron chi connectivity index (χ4n) is 9.20. The molecule has 0 atom stereocenters. The van der Waals surface area contributed by atoms with Crippen LogP contribution in [0.4, 0.5) is 56.9 Å². The van der Waals surface area contributed by atoms with Gasteiger partial charge < -0.3 is 62.0 Å². The summed E-state index contributed by atoms with van der Waals surface area (Å²) in [5.41, 5.74) is 24.5. The minimum Gasteiger partial charge on any atom is -0.478 e. The molecule has 0 saturated carbocycles. The predicted molar refractivity (Wildman–Crippen MR) is 431 cm³/mol. The number of benzene rings is 7. The van der Waals surface area contributed by atoms with Crippen molar-refractivity contribution in [3.63, 3.8) is 0 Å². The average Bonchev–Trinajstić information content (AvgIpc) is 0.755. The summed E-state index contributed by atoms with van der Waals surface area (Å²) in [6.07, 6.45) is 10.1. The highest BCUT2D eigenvalue weighted by molar-refractivity contribution is 5.99. The third-order valence-electron chi connectivity index (χ3n) is 15.6. The number of carbonyl (C=O) groups excluding carboxylic acids is 6. The summed E-state index contributed by atoms with van der Waals surface area (Å²) in [5.74, 6) is -0.385. The van der Waals surface area contributed by atoms with Crippen molar-refractivity contribution in [2.24, 2.45) is 0 Å². The second kappa shape index (κ2) is 47.7. The topological polar surface area (TPSA) is 254 Å². The monoisotopic (exact) mass is 1380 g/mol. The molecular formula is C82H113N11O8. The summed E-state index contributed by atoms with van der Waals surface area (Å²) in [4.78, 5) is 87.9. The zero-order valence-corrected chi connectivity index (χ0v) is 63.1. The van der Waals surface area contributed by atoms with Crippen molar-refractivity contribution in [2.45, 2.75) is 111 Å². The van der Waals surface area contributed by atoms with Crippen LogP contribution in [0.15, 0.2) is 127 Å². The quantitative estimate of drug-likeness (QED) is 0.0116. The molecule has 0 aliphatic rings. The number of carboxylic acid groups (broad SMARTS) is 1. The fraction of sp³-hybridized carbons (Fsp3) is 0.341. The molecule has 0 unspecified atom stereocenters. The maximum atomic E-state index is 11.3. The lowest BCUT2D eigenvalue weighted by Gasteiger charge is -2.25. The maximum absolute atomic E-state index is 11.3. The number of hydrogen-bond donors (Lipinski definition) is 7.